The van der Waals surface area contributed by atoms with Gasteiger partial charge in [-0.2, -0.15) is 67.3 Å². The zero-order valence-electron chi connectivity index (χ0n) is 30.2. The number of hydrogen-bond acceptors (Lipinski definition) is 26. The van der Waals surface area contributed by atoms with E-state index < -0.39 is 156 Å². The number of benzene rings is 2. The summed E-state index contributed by atoms with van der Waals surface area (Å²) in [4.78, 5) is 0. The molecule has 0 spiro atoms. The van der Waals surface area contributed by atoms with Crippen LogP contribution in [0, 0.1) is 0 Å². The molecule has 0 aliphatic carbocycles. The van der Waals surface area contributed by atoms with E-state index in [0.29, 0.717) is 0 Å². The van der Waals surface area contributed by atoms with Crippen LogP contribution in [0.25, 0.3) is 11.1 Å². The molecule has 0 aliphatic rings. The minimum absolute atomic E-state index is 0.00593. The van der Waals surface area contributed by atoms with E-state index in [1.807, 2.05) is 0 Å². The van der Waals surface area contributed by atoms with E-state index in [0.717, 1.165) is 48.5 Å². The third kappa shape index (κ3) is 22.2. The highest BCUT2D eigenvalue weighted by Crippen LogP contribution is 2.33. The van der Waals surface area contributed by atoms with Gasteiger partial charge in [0.05, 0.1) is 13.2 Å². The molecule has 42 heteroatoms. The van der Waals surface area contributed by atoms with Crippen molar-refractivity contribution in [3.8, 4) is 11.1 Å². The first-order valence-corrected chi connectivity index (χ1v) is 26.2. The zero-order valence-corrected chi connectivity index (χ0v) is 36.7. The molecule has 0 aromatic heterocycles. The molecule has 370 valence electrons. The Labute approximate surface area is 361 Å². The molecule has 2 unspecified atom stereocenters. The largest absolute Gasteiger partial charge is 0.397 e. The lowest BCUT2D eigenvalue weighted by Gasteiger charge is -2.32. The molecular formula is C22H30O34S8. The fourth-order valence-electron chi connectivity index (χ4n) is 4.89. The van der Waals surface area contributed by atoms with Gasteiger partial charge in [0.15, 0.2) is 0 Å². The minimum atomic E-state index is -5.98. The van der Waals surface area contributed by atoms with Gasteiger partial charge in [-0.05, 0) is 22.3 Å². The van der Waals surface area contributed by atoms with Gasteiger partial charge in [-0.25, -0.2) is 33.5 Å². The molecule has 0 bridgehead atoms. The predicted octanol–water partition coefficient (Wildman–Crippen LogP) is -3.81. The summed E-state index contributed by atoms with van der Waals surface area (Å²) in [6.07, 6.45) is -23.9. The monoisotopic (exact) mass is 1090 g/mol. The molecule has 8 atom stereocenters. The maximum Gasteiger partial charge on any atom is 0.397 e. The van der Waals surface area contributed by atoms with Gasteiger partial charge < -0.3 is 10.2 Å². The molecule has 0 radical (unpaired) electrons. The van der Waals surface area contributed by atoms with Crippen LogP contribution in [0.4, 0.5) is 0 Å². The van der Waals surface area contributed by atoms with Crippen molar-refractivity contribution in [2.24, 2.45) is 0 Å². The van der Waals surface area contributed by atoms with Gasteiger partial charge >= 0.3 is 83.2 Å². The van der Waals surface area contributed by atoms with Crippen LogP contribution in [0.1, 0.15) is 23.3 Å². The Morgan fingerprint density at radius 3 is 0.750 bits per heavy atom. The van der Waals surface area contributed by atoms with Crippen LogP contribution >= 0.6 is 0 Å². The normalized spacial score (nSPS) is 17.7. The molecule has 0 saturated carbocycles. The smallest absolute Gasteiger partial charge is 0.386 e. The summed E-state index contributed by atoms with van der Waals surface area (Å²) in [5, 5.41) is 22.1. The number of rotatable bonds is 27. The van der Waals surface area contributed by atoms with Crippen molar-refractivity contribution in [2.45, 2.75) is 48.8 Å². The second-order valence-corrected chi connectivity index (χ2v) is 20.1. The predicted molar refractivity (Wildman–Crippen MR) is 195 cm³/mol. The molecule has 2 rings (SSSR count). The highest BCUT2D eigenvalue weighted by atomic mass is 32.3. The van der Waals surface area contributed by atoms with Gasteiger partial charge in [0.2, 0.25) is 0 Å². The van der Waals surface area contributed by atoms with E-state index >= 15 is 0 Å². The van der Waals surface area contributed by atoms with E-state index in [1.165, 1.54) is 0 Å². The SMILES string of the molecule is O=S(=O)(O)OC[C@@H](OS(=O)(=O)O)[C@@H](OS(=O)(=O)O)[C@H](OS(=O)(=O)O)C(O)c1ccc(-c2ccc(C(O)[C@@H](OS(=O)(=O)O)[C@H](OS(=O)(=O)O)[C@@H](COS(=O)(=O)O)OS(=O)(=O)O)cc2)cc1. The average Bonchev–Trinajstić information content (AvgIpc) is 3.08. The van der Waals surface area contributed by atoms with Crippen LogP contribution in [-0.2, 0) is 117 Å². The van der Waals surface area contributed by atoms with Gasteiger partial charge in [-0.1, -0.05) is 48.5 Å². The average molecular weight is 1090 g/mol. The quantitative estimate of drug-likeness (QED) is 0.0383. The van der Waals surface area contributed by atoms with E-state index in [9.17, 15) is 95.8 Å². The summed E-state index contributed by atoms with van der Waals surface area (Å²) in [5.74, 6) is 0. The van der Waals surface area contributed by atoms with Crippen LogP contribution in [0.15, 0.2) is 48.5 Å². The van der Waals surface area contributed by atoms with Gasteiger partial charge in [-0.15, -0.1) is 0 Å². The highest BCUT2D eigenvalue weighted by molar-refractivity contribution is 7.82. The summed E-state index contributed by atoms with van der Waals surface area (Å²) < 4.78 is 290. The summed E-state index contributed by atoms with van der Waals surface area (Å²) in [5.41, 5.74) is -1.23. The number of hydrogen-bond donors (Lipinski definition) is 10. The van der Waals surface area contributed by atoms with Gasteiger partial charge in [0.25, 0.3) is 0 Å². The number of aliphatic hydroxyl groups is 2. The van der Waals surface area contributed by atoms with Crippen LogP contribution in [-0.4, -0.2) is 164 Å². The maximum absolute atomic E-state index is 11.7. The van der Waals surface area contributed by atoms with Gasteiger partial charge in [0, 0.05) is 0 Å². The molecule has 0 heterocycles. The van der Waals surface area contributed by atoms with E-state index in [2.05, 4.69) is 33.5 Å². The van der Waals surface area contributed by atoms with Crippen LogP contribution in [0.5, 0.6) is 0 Å². The van der Waals surface area contributed by atoms with Crippen LogP contribution in [0.3, 0.4) is 0 Å². The Hall–Kier alpha value is -2.68. The standard InChI is InChI=1S/C22H30O34S8/c23-17(21(55-63(43,44)45)19(53-61(37,38)39)15(51-59(31,32)33)9-49-57(25,26)27)13-5-1-11(2-6-13)12-3-7-14(8-4-12)18(24)22(56-64(46,47)48)20(54-62(40,41)42)16(52-60(34,35)36)10-50-58(28,29)30/h1-8,15-24H,9-10H2,(H,25,26,27)(H,28,29,30)(H,31,32,33)(H,34,35,36)(H,37,38,39)(H,40,41,42)(H,43,44,45)(H,46,47,48)/t15-,16-,17?,18?,19-,20-,21-,22-/m1/s1. The number of aliphatic hydroxyl groups excluding tert-OH is 2. The Balaban J connectivity index is 2.68. The molecule has 34 nitrogen and oxygen atoms in total. The molecule has 2 aromatic rings. The first-order valence-electron chi connectivity index (χ1n) is 15.3. The summed E-state index contributed by atoms with van der Waals surface area (Å²) in [7, 11) is -46.8. The second-order valence-electron chi connectivity index (χ2n) is 11.6. The zero-order chi connectivity index (χ0) is 49.7. The Morgan fingerprint density at radius 2 is 0.547 bits per heavy atom. The highest BCUT2D eigenvalue weighted by Gasteiger charge is 2.47. The molecule has 0 aliphatic heterocycles. The fourth-order valence-corrected chi connectivity index (χ4v) is 8.48. The molecule has 64 heavy (non-hydrogen) atoms. The van der Waals surface area contributed by atoms with E-state index in [-0.39, 0.29) is 11.1 Å². The molecule has 10 N–H and O–H groups in total. The third-order valence-electron chi connectivity index (χ3n) is 7.02. The maximum atomic E-state index is 11.7. The van der Waals surface area contributed by atoms with E-state index in [1.54, 1.807) is 0 Å². The summed E-state index contributed by atoms with van der Waals surface area (Å²) >= 11 is 0. The van der Waals surface area contributed by atoms with Crippen molar-refractivity contribution in [3.05, 3.63) is 59.7 Å². The third-order valence-corrected chi connectivity index (χ3v) is 10.7. The molecule has 0 saturated heterocycles. The van der Waals surface area contributed by atoms with Crippen LogP contribution < -0.4 is 0 Å². The summed E-state index contributed by atoms with van der Waals surface area (Å²) in [6, 6.07) is 7.36. The van der Waals surface area contributed by atoms with Crippen molar-refractivity contribution in [1.82, 2.24) is 0 Å². The van der Waals surface area contributed by atoms with Crippen molar-refractivity contribution >= 4 is 83.2 Å². The van der Waals surface area contributed by atoms with Gasteiger partial charge in [-0.3, -0.25) is 36.4 Å². The molecular weight excluding hydrogens is 1060 g/mol. The molecule has 2 aromatic carbocycles. The topological polar surface area (TPSA) is 549 Å². The van der Waals surface area contributed by atoms with Crippen LogP contribution in [0.2, 0.25) is 0 Å². The molecule has 0 fully saturated rings. The fraction of sp³-hybridized carbons (Fsp3) is 0.455. The second kappa shape index (κ2) is 21.5. The Kier molecular flexibility index (Phi) is 19.3. The van der Waals surface area contributed by atoms with Crippen molar-refractivity contribution < 1.29 is 147 Å². The van der Waals surface area contributed by atoms with Crippen molar-refractivity contribution in [3.63, 3.8) is 0 Å². The first-order chi connectivity index (χ1) is 28.5. The first kappa shape index (κ1) is 57.4. The van der Waals surface area contributed by atoms with Crippen molar-refractivity contribution in [2.75, 3.05) is 13.2 Å². The lowest BCUT2D eigenvalue weighted by atomic mass is 9.94. The van der Waals surface area contributed by atoms with Crippen molar-refractivity contribution in [1.29, 1.82) is 0 Å². The Morgan fingerprint density at radius 1 is 0.328 bits per heavy atom. The lowest BCUT2D eigenvalue weighted by molar-refractivity contribution is -0.0864. The lowest BCUT2D eigenvalue weighted by Crippen LogP contribution is -2.50. The summed E-state index contributed by atoms with van der Waals surface area (Å²) in [6.45, 7) is -3.86. The molecule has 0 amide bonds. The minimum Gasteiger partial charge on any atom is -0.386 e. The Bertz CT molecular complexity index is 2630. The van der Waals surface area contributed by atoms with E-state index in [4.69, 9.17) is 18.2 Å². The van der Waals surface area contributed by atoms with Gasteiger partial charge in [0.1, 0.15) is 48.8 Å².